The number of aromatic nitrogens is 1. The van der Waals surface area contributed by atoms with Crippen molar-refractivity contribution in [1.29, 1.82) is 0 Å². The summed E-state index contributed by atoms with van der Waals surface area (Å²) in [5.41, 5.74) is 0.470. The summed E-state index contributed by atoms with van der Waals surface area (Å²) in [7, 11) is 1.50. The van der Waals surface area contributed by atoms with Crippen LogP contribution in [0.25, 0.3) is 0 Å². The molecule has 1 amide bonds. The lowest BCUT2D eigenvalue weighted by atomic mass is 10.2. The molecule has 1 aromatic heterocycles. The third-order valence-electron chi connectivity index (χ3n) is 2.23. The standard InChI is InChI=1S/C11H14Cl2N2O2/c1-17-10-8-14-5-2-9(10)11(16)15(6-3-12)7-4-13/h2,5,8H,3-4,6-7H2,1H3. The Labute approximate surface area is 110 Å². The van der Waals surface area contributed by atoms with Gasteiger partial charge in [0.2, 0.25) is 0 Å². The van der Waals surface area contributed by atoms with E-state index in [4.69, 9.17) is 27.9 Å². The van der Waals surface area contributed by atoms with E-state index in [0.29, 0.717) is 36.2 Å². The summed E-state index contributed by atoms with van der Waals surface area (Å²) in [5.74, 6) is 1.05. The molecule has 0 fully saturated rings. The van der Waals surface area contributed by atoms with Crippen molar-refractivity contribution in [1.82, 2.24) is 9.88 Å². The molecule has 0 N–H and O–H groups in total. The van der Waals surface area contributed by atoms with Gasteiger partial charge in [0.15, 0.2) is 0 Å². The van der Waals surface area contributed by atoms with Crippen molar-refractivity contribution in [3.05, 3.63) is 24.0 Å². The van der Waals surface area contributed by atoms with Gasteiger partial charge in [-0.1, -0.05) is 0 Å². The number of hydrogen-bond acceptors (Lipinski definition) is 3. The first-order valence-electron chi connectivity index (χ1n) is 5.13. The number of ether oxygens (including phenoxy) is 1. The lowest BCUT2D eigenvalue weighted by molar-refractivity contribution is 0.0771. The average molecular weight is 277 g/mol. The van der Waals surface area contributed by atoms with Crippen LogP contribution in [0.3, 0.4) is 0 Å². The van der Waals surface area contributed by atoms with Crippen molar-refractivity contribution in [3.8, 4) is 5.75 Å². The van der Waals surface area contributed by atoms with Gasteiger partial charge in [0.25, 0.3) is 5.91 Å². The summed E-state index contributed by atoms with van der Waals surface area (Å²) in [6.07, 6.45) is 3.06. The maximum atomic E-state index is 12.2. The van der Waals surface area contributed by atoms with Crippen molar-refractivity contribution in [3.63, 3.8) is 0 Å². The molecule has 1 aromatic rings. The van der Waals surface area contributed by atoms with E-state index < -0.39 is 0 Å². The van der Waals surface area contributed by atoms with Crippen LogP contribution >= 0.6 is 23.2 Å². The molecule has 1 heterocycles. The highest BCUT2D eigenvalue weighted by molar-refractivity contribution is 6.18. The lowest BCUT2D eigenvalue weighted by Gasteiger charge is -2.21. The number of hydrogen-bond donors (Lipinski definition) is 0. The van der Waals surface area contributed by atoms with Crippen LogP contribution in [0.4, 0.5) is 0 Å². The molecule has 0 saturated carbocycles. The maximum Gasteiger partial charge on any atom is 0.257 e. The van der Waals surface area contributed by atoms with Crippen molar-refractivity contribution in [2.24, 2.45) is 0 Å². The quantitative estimate of drug-likeness (QED) is 0.747. The van der Waals surface area contributed by atoms with Crippen LogP contribution in [0.1, 0.15) is 10.4 Å². The van der Waals surface area contributed by atoms with E-state index in [1.54, 1.807) is 17.2 Å². The smallest absolute Gasteiger partial charge is 0.257 e. The predicted molar refractivity (Wildman–Crippen MR) is 68.1 cm³/mol. The van der Waals surface area contributed by atoms with Crippen molar-refractivity contribution < 1.29 is 9.53 Å². The van der Waals surface area contributed by atoms with Gasteiger partial charge < -0.3 is 9.64 Å². The number of pyridine rings is 1. The van der Waals surface area contributed by atoms with Gasteiger partial charge in [0.05, 0.1) is 18.9 Å². The van der Waals surface area contributed by atoms with Crippen molar-refractivity contribution in [2.75, 3.05) is 32.0 Å². The number of methoxy groups -OCH3 is 1. The summed E-state index contributed by atoms with van der Waals surface area (Å²) in [5, 5.41) is 0. The molecule has 0 aromatic carbocycles. The Balaban J connectivity index is 2.92. The number of carbonyl (C=O) groups is 1. The van der Waals surface area contributed by atoms with Gasteiger partial charge in [0, 0.05) is 31.0 Å². The first-order valence-corrected chi connectivity index (χ1v) is 6.20. The number of rotatable bonds is 6. The molecule has 0 spiro atoms. The van der Waals surface area contributed by atoms with Gasteiger partial charge in [-0.2, -0.15) is 0 Å². The first kappa shape index (κ1) is 14.1. The molecular formula is C11H14Cl2N2O2. The molecule has 4 nitrogen and oxygen atoms in total. The molecule has 0 aliphatic heterocycles. The molecule has 94 valence electrons. The van der Waals surface area contributed by atoms with E-state index in [2.05, 4.69) is 4.98 Å². The van der Waals surface area contributed by atoms with Crippen LogP contribution in [-0.2, 0) is 0 Å². The number of carbonyl (C=O) groups excluding carboxylic acids is 1. The SMILES string of the molecule is COc1cnccc1C(=O)N(CCCl)CCCl. The number of amides is 1. The van der Waals surface area contributed by atoms with Gasteiger partial charge >= 0.3 is 0 Å². The summed E-state index contributed by atoms with van der Waals surface area (Å²) >= 11 is 11.3. The van der Waals surface area contributed by atoms with E-state index in [9.17, 15) is 4.79 Å². The van der Waals surface area contributed by atoms with Crippen molar-refractivity contribution in [2.45, 2.75) is 0 Å². The van der Waals surface area contributed by atoms with Gasteiger partial charge in [-0.25, -0.2) is 0 Å². The fraction of sp³-hybridized carbons (Fsp3) is 0.455. The second-order valence-electron chi connectivity index (χ2n) is 3.25. The van der Waals surface area contributed by atoms with Crippen LogP contribution in [0.2, 0.25) is 0 Å². The Hall–Kier alpha value is -1.00. The minimum Gasteiger partial charge on any atom is -0.494 e. The highest BCUT2D eigenvalue weighted by Gasteiger charge is 2.18. The number of halogens is 2. The van der Waals surface area contributed by atoms with E-state index in [-0.39, 0.29) is 5.91 Å². The van der Waals surface area contributed by atoms with Gasteiger partial charge in [-0.3, -0.25) is 9.78 Å². The van der Waals surface area contributed by atoms with Crippen LogP contribution in [0, 0.1) is 0 Å². The Morgan fingerprint density at radius 1 is 1.41 bits per heavy atom. The maximum absolute atomic E-state index is 12.2. The van der Waals surface area contributed by atoms with E-state index in [1.165, 1.54) is 13.3 Å². The zero-order chi connectivity index (χ0) is 12.7. The highest BCUT2D eigenvalue weighted by Crippen LogP contribution is 2.17. The van der Waals surface area contributed by atoms with Gasteiger partial charge in [-0.15, -0.1) is 23.2 Å². The zero-order valence-electron chi connectivity index (χ0n) is 9.53. The minimum atomic E-state index is -0.148. The molecule has 17 heavy (non-hydrogen) atoms. The summed E-state index contributed by atoms with van der Waals surface area (Å²) in [6.45, 7) is 0.914. The van der Waals surface area contributed by atoms with Crippen LogP contribution < -0.4 is 4.74 Å². The molecule has 0 aliphatic carbocycles. The second-order valence-corrected chi connectivity index (χ2v) is 4.00. The van der Waals surface area contributed by atoms with E-state index in [0.717, 1.165) is 0 Å². The molecule has 0 unspecified atom stereocenters. The van der Waals surface area contributed by atoms with E-state index in [1.807, 2.05) is 0 Å². The fourth-order valence-corrected chi connectivity index (χ4v) is 1.82. The Morgan fingerprint density at radius 3 is 2.59 bits per heavy atom. The monoisotopic (exact) mass is 276 g/mol. The predicted octanol–water partition coefficient (Wildman–Crippen LogP) is 2.01. The summed E-state index contributed by atoms with van der Waals surface area (Å²) in [4.78, 5) is 17.7. The molecule has 0 atom stereocenters. The van der Waals surface area contributed by atoms with Crippen molar-refractivity contribution >= 4 is 29.1 Å². The average Bonchev–Trinajstić information content (AvgIpc) is 2.37. The second kappa shape index (κ2) is 7.35. The molecule has 1 rings (SSSR count). The van der Waals surface area contributed by atoms with Gasteiger partial charge in [-0.05, 0) is 6.07 Å². The largest absolute Gasteiger partial charge is 0.494 e. The summed E-state index contributed by atoms with van der Waals surface area (Å²) < 4.78 is 5.10. The van der Waals surface area contributed by atoms with E-state index >= 15 is 0 Å². The van der Waals surface area contributed by atoms with Crippen LogP contribution in [-0.4, -0.2) is 47.8 Å². The third kappa shape index (κ3) is 3.75. The highest BCUT2D eigenvalue weighted by atomic mass is 35.5. The Morgan fingerprint density at radius 2 is 2.06 bits per heavy atom. The Kier molecular flexibility index (Phi) is 6.08. The number of alkyl halides is 2. The molecular weight excluding hydrogens is 263 g/mol. The third-order valence-corrected chi connectivity index (χ3v) is 2.57. The first-order chi connectivity index (χ1) is 8.24. The molecule has 0 bridgehead atoms. The minimum absolute atomic E-state index is 0.148. The zero-order valence-corrected chi connectivity index (χ0v) is 11.0. The number of nitrogens with zero attached hydrogens (tertiary/aromatic N) is 2. The normalized spacial score (nSPS) is 10.1. The van der Waals surface area contributed by atoms with Crippen LogP contribution in [0.15, 0.2) is 18.5 Å². The topological polar surface area (TPSA) is 42.4 Å². The fourth-order valence-electron chi connectivity index (χ4n) is 1.41. The molecule has 0 aliphatic rings. The Bertz CT molecular complexity index is 368. The molecule has 6 heteroatoms. The van der Waals surface area contributed by atoms with Crippen LogP contribution in [0.5, 0.6) is 5.75 Å². The molecule has 0 saturated heterocycles. The summed E-state index contributed by atoms with van der Waals surface area (Å²) in [6, 6.07) is 1.62. The molecule has 0 radical (unpaired) electrons. The van der Waals surface area contributed by atoms with Gasteiger partial charge in [0.1, 0.15) is 5.75 Å². The lowest BCUT2D eigenvalue weighted by Crippen LogP contribution is -2.34.